The molecule has 1 aliphatic rings. The van der Waals surface area contributed by atoms with Crippen molar-refractivity contribution in [1.82, 2.24) is 9.55 Å². The Kier molecular flexibility index (Phi) is 3.63. The van der Waals surface area contributed by atoms with Gasteiger partial charge < -0.3 is 9.30 Å². The molecule has 1 fully saturated rings. The fourth-order valence-electron chi connectivity index (χ4n) is 3.12. The van der Waals surface area contributed by atoms with Crippen LogP contribution in [0.4, 0.5) is 0 Å². The van der Waals surface area contributed by atoms with E-state index < -0.39 is 0 Å². The van der Waals surface area contributed by atoms with Crippen molar-refractivity contribution in [2.45, 2.75) is 44.5 Å². The highest BCUT2D eigenvalue weighted by atomic mass is 35.5. The maximum absolute atomic E-state index is 6.36. The monoisotopic (exact) mass is 292 g/mol. The lowest BCUT2D eigenvalue weighted by Gasteiger charge is -2.33. The van der Waals surface area contributed by atoms with E-state index in [0.717, 1.165) is 28.5 Å². The summed E-state index contributed by atoms with van der Waals surface area (Å²) >= 11 is 6.36. The fraction of sp³-hybridized carbons (Fsp3) is 0.562. The third-order valence-corrected chi connectivity index (χ3v) is 4.72. The quantitative estimate of drug-likeness (QED) is 0.763. The highest BCUT2D eigenvalue weighted by molar-refractivity contribution is 6.20. The number of halogens is 1. The molecule has 108 valence electrons. The molecule has 1 aromatic carbocycles. The van der Waals surface area contributed by atoms with E-state index >= 15 is 0 Å². The Labute approximate surface area is 124 Å². The van der Waals surface area contributed by atoms with Gasteiger partial charge in [-0.25, -0.2) is 4.98 Å². The first kappa shape index (κ1) is 13.7. The molecule has 2 aromatic rings. The van der Waals surface area contributed by atoms with E-state index in [2.05, 4.69) is 17.6 Å². The minimum atomic E-state index is -0.102. The van der Waals surface area contributed by atoms with E-state index in [1.165, 1.54) is 19.3 Å². The van der Waals surface area contributed by atoms with Gasteiger partial charge in [-0.3, -0.25) is 0 Å². The summed E-state index contributed by atoms with van der Waals surface area (Å²) in [5, 5.41) is -0.102. The molecule has 1 heterocycles. The summed E-state index contributed by atoms with van der Waals surface area (Å²) in [5.41, 5.74) is 2.05. The molecule has 1 aromatic heterocycles. The van der Waals surface area contributed by atoms with E-state index in [1.54, 1.807) is 7.11 Å². The smallest absolute Gasteiger partial charge is 0.146 e. The lowest BCUT2D eigenvalue weighted by Crippen LogP contribution is -2.24. The molecular formula is C16H21ClN2O. The summed E-state index contributed by atoms with van der Waals surface area (Å²) in [7, 11) is 1.69. The van der Waals surface area contributed by atoms with Crippen molar-refractivity contribution in [2.24, 2.45) is 5.92 Å². The van der Waals surface area contributed by atoms with Crippen molar-refractivity contribution in [3.8, 4) is 5.75 Å². The molecule has 2 atom stereocenters. The Morgan fingerprint density at radius 3 is 2.65 bits per heavy atom. The summed E-state index contributed by atoms with van der Waals surface area (Å²) in [6, 6.07) is 6.53. The van der Waals surface area contributed by atoms with Gasteiger partial charge in [0.15, 0.2) is 0 Å². The zero-order valence-electron chi connectivity index (χ0n) is 12.3. The van der Waals surface area contributed by atoms with Crippen molar-refractivity contribution in [3.05, 3.63) is 24.0 Å². The third kappa shape index (κ3) is 2.08. The molecule has 20 heavy (non-hydrogen) atoms. The summed E-state index contributed by atoms with van der Waals surface area (Å²) in [4.78, 5) is 4.75. The molecule has 2 unspecified atom stereocenters. The first-order valence-electron chi connectivity index (χ1n) is 7.32. The third-order valence-electron chi connectivity index (χ3n) is 4.53. The number of para-hydroxylation sites is 1. The largest absolute Gasteiger partial charge is 0.494 e. The molecule has 1 saturated carbocycles. The van der Waals surface area contributed by atoms with Crippen LogP contribution in [0.5, 0.6) is 5.75 Å². The second kappa shape index (κ2) is 5.28. The fourth-order valence-corrected chi connectivity index (χ4v) is 3.27. The van der Waals surface area contributed by atoms with Crippen LogP contribution in [0.2, 0.25) is 0 Å². The Balaban J connectivity index is 2.18. The number of hydrogen-bond acceptors (Lipinski definition) is 2. The van der Waals surface area contributed by atoms with Gasteiger partial charge in [-0.05, 0) is 44.7 Å². The minimum Gasteiger partial charge on any atom is -0.494 e. The maximum Gasteiger partial charge on any atom is 0.146 e. The second-order valence-electron chi connectivity index (χ2n) is 5.72. The van der Waals surface area contributed by atoms with Gasteiger partial charge in [0.2, 0.25) is 0 Å². The maximum atomic E-state index is 6.36. The van der Waals surface area contributed by atoms with Gasteiger partial charge in [-0.2, -0.15) is 0 Å². The lowest BCUT2D eigenvalue weighted by atomic mass is 9.80. The molecule has 0 bridgehead atoms. The van der Waals surface area contributed by atoms with E-state index in [1.807, 2.05) is 19.1 Å². The predicted molar refractivity (Wildman–Crippen MR) is 82.6 cm³/mol. The van der Waals surface area contributed by atoms with Crippen molar-refractivity contribution >= 4 is 22.6 Å². The van der Waals surface area contributed by atoms with Gasteiger partial charge in [0.25, 0.3) is 0 Å². The van der Waals surface area contributed by atoms with Crippen LogP contribution in [0.3, 0.4) is 0 Å². The molecule has 0 spiro atoms. The van der Waals surface area contributed by atoms with Gasteiger partial charge >= 0.3 is 0 Å². The molecule has 3 rings (SSSR count). The summed E-state index contributed by atoms with van der Waals surface area (Å²) in [6.45, 7) is 4.27. The van der Waals surface area contributed by atoms with Crippen LogP contribution in [0.15, 0.2) is 18.2 Å². The number of ether oxygens (including phenoxy) is 1. The number of nitrogens with zero attached hydrogens (tertiary/aromatic N) is 2. The first-order chi connectivity index (χ1) is 9.63. The SMILES string of the molecule is COc1cccc2c1nc(C(C)Cl)n2C(C)C1CCC1. The lowest BCUT2D eigenvalue weighted by molar-refractivity contribution is 0.223. The zero-order valence-corrected chi connectivity index (χ0v) is 13.0. The van der Waals surface area contributed by atoms with Crippen LogP contribution in [-0.2, 0) is 0 Å². The summed E-state index contributed by atoms with van der Waals surface area (Å²) in [6.07, 6.45) is 3.96. The average molecular weight is 293 g/mol. The molecule has 4 heteroatoms. The molecule has 0 aliphatic heterocycles. The molecule has 1 aliphatic carbocycles. The standard InChI is InChI=1S/C16H21ClN2O/c1-10(17)16-18-15-13(8-5-9-14(15)20-3)19(16)11(2)12-6-4-7-12/h5,8-12H,4,6-7H2,1-3H3. The van der Waals surface area contributed by atoms with E-state index in [9.17, 15) is 0 Å². The molecular weight excluding hydrogens is 272 g/mol. The average Bonchev–Trinajstić information content (AvgIpc) is 2.75. The van der Waals surface area contributed by atoms with Crippen LogP contribution < -0.4 is 4.74 Å². The van der Waals surface area contributed by atoms with Crippen molar-refractivity contribution in [2.75, 3.05) is 7.11 Å². The predicted octanol–water partition coefficient (Wildman–Crippen LogP) is 4.71. The van der Waals surface area contributed by atoms with Crippen LogP contribution in [-0.4, -0.2) is 16.7 Å². The van der Waals surface area contributed by atoms with Crippen molar-refractivity contribution in [3.63, 3.8) is 0 Å². The Morgan fingerprint density at radius 2 is 2.10 bits per heavy atom. The van der Waals surface area contributed by atoms with E-state index in [0.29, 0.717) is 6.04 Å². The van der Waals surface area contributed by atoms with Crippen LogP contribution >= 0.6 is 11.6 Å². The Morgan fingerprint density at radius 1 is 1.35 bits per heavy atom. The van der Waals surface area contributed by atoms with Crippen molar-refractivity contribution < 1.29 is 4.74 Å². The first-order valence-corrected chi connectivity index (χ1v) is 7.76. The van der Waals surface area contributed by atoms with E-state index in [4.69, 9.17) is 21.3 Å². The van der Waals surface area contributed by atoms with E-state index in [-0.39, 0.29) is 5.38 Å². The van der Waals surface area contributed by atoms with Gasteiger partial charge in [0.1, 0.15) is 17.1 Å². The number of rotatable bonds is 4. The van der Waals surface area contributed by atoms with Gasteiger partial charge in [0.05, 0.1) is 18.0 Å². The van der Waals surface area contributed by atoms with Crippen LogP contribution in [0, 0.1) is 5.92 Å². The number of benzene rings is 1. The number of fused-ring (bicyclic) bond motifs is 1. The molecule has 0 N–H and O–H groups in total. The number of hydrogen-bond donors (Lipinski definition) is 0. The highest BCUT2D eigenvalue weighted by Crippen LogP contribution is 2.40. The number of imidazole rings is 1. The van der Waals surface area contributed by atoms with Crippen molar-refractivity contribution in [1.29, 1.82) is 0 Å². The number of methoxy groups -OCH3 is 1. The number of alkyl halides is 1. The van der Waals surface area contributed by atoms with Crippen LogP contribution in [0.1, 0.15) is 50.4 Å². The molecule has 3 nitrogen and oxygen atoms in total. The topological polar surface area (TPSA) is 27.1 Å². The highest BCUT2D eigenvalue weighted by Gasteiger charge is 2.29. The molecule has 0 radical (unpaired) electrons. The van der Waals surface area contributed by atoms with Gasteiger partial charge in [0, 0.05) is 6.04 Å². The Bertz CT molecular complexity index is 616. The van der Waals surface area contributed by atoms with Gasteiger partial charge in [-0.1, -0.05) is 12.5 Å². The van der Waals surface area contributed by atoms with Crippen LogP contribution in [0.25, 0.3) is 11.0 Å². The number of aromatic nitrogens is 2. The normalized spacial score (nSPS) is 18.8. The minimum absolute atomic E-state index is 0.102. The Hall–Kier alpha value is -1.22. The second-order valence-corrected chi connectivity index (χ2v) is 6.37. The molecule has 0 saturated heterocycles. The zero-order chi connectivity index (χ0) is 14.3. The summed E-state index contributed by atoms with van der Waals surface area (Å²) < 4.78 is 7.76. The summed E-state index contributed by atoms with van der Waals surface area (Å²) in [5.74, 6) is 2.51. The van der Waals surface area contributed by atoms with Gasteiger partial charge in [-0.15, -0.1) is 11.6 Å². The molecule has 0 amide bonds.